The van der Waals surface area contributed by atoms with Gasteiger partial charge in [0.1, 0.15) is 5.52 Å². The summed E-state index contributed by atoms with van der Waals surface area (Å²) in [6.07, 6.45) is 0. The van der Waals surface area contributed by atoms with Crippen molar-refractivity contribution in [1.82, 2.24) is 4.98 Å². The molecule has 1 aromatic carbocycles. The fourth-order valence-corrected chi connectivity index (χ4v) is 1.11. The van der Waals surface area contributed by atoms with E-state index in [0.717, 1.165) is 5.52 Å². The molecule has 1 heterocycles. The average molecular weight is 158 g/mol. The molecule has 0 unspecified atom stereocenters. The van der Waals surface area contributed by atoms with E-state index < -0.39 is 0 Å². The molecule has 2 aromatic rings. The number of hydrogen-bond acceptors (Lipinski definition) is 3. The molecular weight excluding hydrogens is 152 g/mol. The third-order valence-corrected chi connectivity index (χ3v) is 1.62. The van der Waals surface area contributed by atoms with E-state index in [1.807, 2.05) is 6.07 Å². The SMILES string of the molecule is Cc1nc2ccc(C#N)cc2o1. The van der Waals surface area contributed by atoms with Crippen LogP contribution in [0, 0.1) is 18.3 Å². The molecule has 0 saturated heterocycles. The minimum absolute atomic E-state index is 0.596. The summed E-state index contributed by atoms with van der Waals surface area (Å²) in [5.74, 6) is 0.625. The Balaban J connectivity index is 2.77. The van der Waals surface area contributed by atoms with E-state index in [1.54, 1.807) is 25.1 Å². The first-order valence-electron chi connectivity index (χ1n) is 3.57. The van der Waals surface area contributed by atoms with Crippen molar-refractivity contribution in [2.75, 3.05) is 0 Å². The quantitative estimate of drug-likeness (QED) is 0.589. The highest BCUT2D eigenvalue weighted by Gasteiger charge is 2.01. The van der Waals surface area contributed by atoms with Crippen molar-refractivity contribution < 1.29 is 4.42 Å². The number of aryl methyl sites for hydroxylation is 1. The topological polar surface area (TPSA) is 49.8 Å². The van der Waals surface area contributed by atoms with Crippen molar-refractivity contribution in [1.29, 1.82) is 5.26 Å². The third kappa shape index (κ3) is 0.940. The van der Waals surface area contributed by atoms with Crippen LogP contribution in [-0.2, 0) is 0 Å². The van der Waals surface area contributed by atoms with Crippen LogP contribution in [0.25, 0.3) is 11.1 Å². The van der Waals surface area contributed by atoms with Crippen LogP contribution in [0.3, 0.4) is 0 Å². The predicted molar refractivity (Wildman–Crippen MR) is 43.5 cm³/mol. The van der Waals surface area contributed by atoms with Crippen molar-refractivity contribution in [3.8, 4) is 6.07 Å². The summed E-state index contributed by atoms with van der Waals surface area (Å²) in [7, 11) is 0. The van der Waals surface area contributed by atoms with Crippen molar-refractivity contribution in [2.45, 2.75) is 6.92 Å². The number of hydrogen-bond donors (Lipinski definition) is 0. The Morgan fingerprint density at radius 1 is 1.50 bits per heavy atom. The molecule has 0 N–H and O–H groups in total. The molecule has 0 spiro atoms. The van der Waals surface area contributed by atoms with Gasteiger partial charge in [0.05, 0.1) is 11.6 Å². The number of fused-ring (bicyclic) bond motifs is 1. The molecule has 2 rings (SSSR count). The zero-order valence-corrected chi connectivity index (χ0v) is 6.53. The lowest BCUT2D eigenvalue weighted by Crippen LogP contribution is -1.72. The van der Waals surface area contributed by atoms with Gasteiger partial charge in [-0.3, -0.25) is 0 Å². The molecule has 0 fully saturated rings. The van der Waals surface area contributed by atoms with Crippen molar-refractivity contribution >= 4 is 11.1 Å². The van der Waals surface area contributed by atoms with Gasteiger partial charge in [-0.1, -0.05) is 0 Å². The molecule has 3 nitrogen and oxygen atoms in total. The Bertz CT molecular complexity index is 465. The molecule has 0 bridgehead atoms. The van der Waals surface area contributed by atoms with Gasteiger partial charge in [-0.15, -0.1) is 0 Å². The lowest BCUT2D eigenvalue weighted by Gasteiger charge is -1.85. The number of benzene rings is 1. The second-order valence-electron chi connectivity index (χ2n) is 2.53. The van der Waals surface area contributed by atoms with Gasteiger partial charge in [0.15, 0.2) is 11.5 Å². The van der Waals surface area contributed by atoms with Crippen LogP contribution in [0.15, 0.2) is 22.6 Å². The van der Waals surface area contributed by atoms with E-state index in [9.17, 15) is 0 Å². The summed E-state index contributed by atoms with van der Waals surface area (Å²) < 4.78 is 5.25. The molecule has 0 saturated carbocycles. The Morgan fingerprint density at radius 3 is 3.08 bits per heavy atom. The summed E-state index contributed by atoms with van der Waals surface area (Å²) in [5, 5.41) is 8.59. The van der Waals surface area contributed by atoms with Crippen LogP contribution in [0.4, 0.5) is 0 Å². The van der Waals surface area contributed by atoms with Gasteiger partial charge in [-0.2, -0.15) is 5.26 Å². The molecule has 0 radical (unpaired) electrons. The van der Waals surface area contributed by atoms with Gasteiger partial charge >= 0.3 is 0 Å². The van der Waals surface area contributed by atoms with E-state index in [0.29, 0.717) is 17.0 Å². The van der Waals surface area contributed by atoms with Gasteiger partial charge in [0.25, 0.3) is 0 Å². The predicted octanol–water partition coefficient (Wildman–Crippen LogP) is 2.01. The maximum Gasteiger partial charge on any atom is 0.192 e. The molecule has 58 valence electrons. The van der Waals surface area contributed by atoms with Gasteiger partial charge in [0.2, 0.25) is 0 Å². The van der Waals surface area contributed by atoms with Crippen molar-refractivity contribution in [2.24, 2.45) is 0 Å². The molecule has 12 heavy (non-hydrogen) atoms. The van der Waals surface area contributed by atoms with Crippen LogP contribution in [0.5, 0.6) is 0 Å². The Kier molecular flexibility index (Phi) is 1.34. The number of nitriles is 1. The maximum atomic E-state index is 8.59. The normalized spacial score (nSPS) is 10.0. The summed E-state index contributed by atoms with van der Waals surface area (Å²) in [6.45, 7) is 1.78. The fraction of sp³-hybridized carbons (Fsp3) is 0.111. The first-order valence-corrected chi connectivity index (χ1v) is 3.57. The second-order valence-corrected chi connectivity index (χ2v) is 2.53. The first kappa shape index (κ1) is 6.86. The lowest BCUT2D eigenvalue weighted by molar-refractivity contribution is 0.561. The number of nitrogens with zero attached hydrogens (tertiary/aromatic N) is 2. The number of aromatic nitrogens is 1. The van der Waals surface area contributed by atoms with E-state index in [1.165, 1.54) is 0 Å². The largest absolute Gasteiger partial charge is 0.441 e. The molecule has 0 aliphatic heterocycles. The van der Waals surface area contributed by atoms with E-state index >= 15 is 0 Å². The van der Waals surface area contributed by atoms with Crippen LogP contribution < -0.4 is 0 Å². The summed E-state index contributed by atoms with van der Waals surface area (Å²) in [6, 6.07) is 7.24. The molecule has 0 aliphatic rings. The molecular formula is C9H6N2O. The standard InChI is InChI=1S/C9H6N2O/c1-6-11-8-3-2-7(5-10)4-9(8)12-6/h2-4H,1H3. The summed E-state index contributed by atoms with van der Waals surface area (Å²) in [5.41, 5.74) is 2.07. The maximum absolute atomic E-state index is 8.59. The first-order chi connectivity index (χ1) is 5.79. The third-order valence-electron chi connectivity index (χ3n) is 1.62. The minimum Gasteiger partial charge on any atom is -0.441 e. The number of rotatable bonds is 0. The molecule has 0 amide bonds. The van der Waals surface area contributed by atoms with Crippen LogP contribution >= 0.6 is 0 Å². The Hall–Kier alpha value is -1.82. The van der Waals surface area contributed by atoms with Gasteiger partial charge in [-0.25, -0.2) is 4.98 Å². The fourth-order valence-electron chi connectivity index (χ4n) is 1.11. The zero-order chi connectivity index (χ0) is 8.55. The smallest absolute Gasteiger partial charge is 0.192 e. The second kappa shape index (κ2) is 2.35. The molecule has 0 atom stereocenters. The average Bonchev–Trinajstić information content (AvgIpc) is 2.43. The highest BCUT2D eigenvalue weighted by atomic mass is 16.3. The van der Waals surface area contributed by atoms with Crippen LogP contribution in [-0.4, -0.2) is 4.98 Å². The van der Waals surface area contributed by atoms with Crippen molar-refractivity contribution in [3.05, 3.63) is 29.7 Å². The van der Waals surface area contributed by atoms with Crippen LogP contribution in [0.2, 0.25) is 0 Å². The Labute approximate surface area is 69.2 Å². The minimum atomic E-state index is 0.596. The van der Waals surface area contributed by atoms with E-state index in [2.05, 4.69) is 4.98 Å². The molecule has 1 aromatic heterocycles. The summed E-state index contributed by atoms with van der Waals surface area (Å²) >= 11 is 0. The molecule has 3 heteroatoms. The summed E-state index contributed by atoms with van der Waals surface area (Å²) in [4.78, 5) is 4.11. The lowest BCUT2D eigenvalue weighted by atomic mass is 10.2. The molecule has 0 aliphatic carbocycles. The highest BCUT2D eigenvalue weighted by Crippen LogP contribution is 2.15. The van der Waals surface area contributed by atoms with E-state index in [-0.39, 0.29) is 0 Å². The van der Waals surface area contributed by atoms with E-state index in [4.69, 9.17) is 9.68 Å². The van der Waals surface area contributed by atoms with Gasteiger partial charge in [-0.05, 0) is 12.1 Å². The van der Waals surface area contributed by atoms with Gasteiger partial charge in [0, 0.05) is 13.0 Å². The number of oxazole rings is 1. The Morgan fingerprint density at radius 2 is 2.33 bits per heavy atom. The van der Waals surface area contributed by atoms with Gasteiger partial charge < -0.3 is 4.42 Å². The monoisotopic (exact) mass is 158 g/mol. The zero-order valence-electron chi connectivity index (χ0n) is 6.53. The highest BCUT2D eigenvalue weighted by molar-refractivity contribution is 5.74. The van der Waals surface area contributed by atoms with Crippen LogP contribution in [0.1, 0.15) is 11.5 Å². The van der Waals surface area contributed by atoms with Crippen molar-refractivity contribution in [3.63, 3.8) is 0 Å².